The van der Waals surface area contributed by atoms with Crippen molar-refractivity contribution in [2.75, 3.05) is 19.6 Å². The quantitative estimate of drug-likeness (QED) is 0.895. The predicted octanol–water partition coefficient (Wildman–Crippen LogP) is 1.82. The third kappa shape index (κ3) is 4.70. The molecule has 132 valence electrons. The number of piperazine rings is 1. The van der Waals surface area contributed by atoms with Crippen LogP contribution in [0, 0.1) is 0 Å². The highest BCUT2D eigenvalue weighted by Crippen LogP contribution is 2.17. The minimum Gasteiger partial charge on any atom is -0.480 e. The van der Waals surface area contributed by atoms with Crippen LogP contribution in [0.1, 0.15) is 26.3 Å². The largest absolute Gasteiger partial charge is 0.480 e. The number of nitrogens with zero attached hydrogens (tertiary/aromatic N) is 2. The van der Waals surface area contributed by atoms with Gasteiger partial charge in [-0.05, 0) is 43.2 Å². The summed E-state index contributed by atoms with van der Waals surface area (Å²) in [6.07, 6.45) is -0.390. The summed E-state index contributed by atoms with van der Waals surface area (Å²) < 4.78 is 5.28. The number of carboxylic acid groups (broad SMARTS) is 1. The van der Waals surface area contributed by atoms with Crippen LogP contribution in [-0.2, 0) is 20.7 Å². The first-order valence-electron chi connectivity index (χ1n) is 7.68. The molecular weight excluding hydrogens is 332 g/mol. The summed E-state index contributed by atoms with van der Waals surface area (Å²) in [7, 11) is 0. The number of aliphatic carboxylic acids is 1. The molecule has 0 saturated carbocycles. The van der Waals surface area contributed by atoms with Gasteiger partial charge in [0.05, 0.1) is 13.0 Å². The maximum atomic E-state index is 12.4. The predicted molar refractivity (Wildman–Crippen MR) is 89.0 cm³/mol. The first-order chi connectivity index (χ1) is 11.2. The SMILES string of the molecule is CC(C)(C)OC(=O)N1CCN(C(=O)Cc2ccsc2)[C@@H](C(=O)O)C1. The minimum absolute atomic E-state index is 0.0698. The Morgan fingerprint density at radius 2 is 2.04 bits per heavy atom. The molecule has 1 aromatic rings. The molecule has 1 aromatic heterocycles. The zero-order valence-corrected chi connectivity index (χ0v) is 14.8. The molecule has 0 aromatic carbocycles. The highest BCUT2D eigenvalue weighted by molar-refractivity contribution is 7.08. The standard InChI is InChI=1S/C16H22N2O5S/c1-16(2,3)23-15(22)17-5-6-18(12(9-17)14(20)21)13(19)8-11-4-7-24-10-11/h4,7,10,12H,5-6,8-9H2,1-3H3,(H,20,21)/t12-/m1/s1. The molecule has 1 fully saturated rings. The summed E-state index contributed by atoms with van der Waals surface area (Å²) in [6.45, 7) is 5.62. The molecule has 0 aliphatic carbocycles. The van der Waals surface area contributed by atoms with Crippen LogP contribution >= 0.6 is 11.3 Å². The molecule has 1 aliphatic heterocycles. The van der Waals surface area contributed by atoms with E-state index in [-0.39, 0.29) is 32.0 Å². The number of amides is 2. The first kappa shape index (κ1) is 18.3. The number of carbonyl (C=O) groups excluding carboxylic acids is 2. The van der Waals surface area contributed by atoms with Crippen LogP contribution in [0.2, 0.25) is 0 Å². The van der Waals surface area contributed by atoms with Gasteiger partial charge in [-0.1, -0.05) is 0 Å². The molecule has 2 amide bonds. The van der Waals surface area contributed by atoms with Crippen molar-refractivity contribution in [2.45, 2.75) is 38.8 Å². The van der Waals surface area contributed by atoms with Gasteiger partial charge in [0, 0.05) is 13.1 Å². The number of carbonyl (C=O) groups is 3. The average molecular weight is 354 g/mol. The molecule has 0 unspecified atom stereocenters. The van der Waals surface area contributed by atoms with Crippen LogP contribution in [0.15, 0.2) is 16.8 Å². The van der Waals surface area contributed by atoms with E-state index in [2.05, 4.69) is 0 Å². The van der Waals surface area contributed by atoms with Gasteiger partial charge in [0.15, 0.2) is 0 Å². The van der Waals surface area contributed by atoms with Gasteiger partial charge in [-0.25, -0.2) is 9.59 Å². The summed E-state index contributed by atoms with van der Waals surface area (Å²) in [5.41, 5.74) is 0.213. The van der Waals surface area contributed by atoms with Crippen molar-refractivity contribution in [3.05, 3.63) is 22.4 Å². The molecule has 24 heavy (non-hydrogen) atoms. The van der Waals surface area contributed by atoms with Crippen LogP contribution in [0.5, 0.6) is 0 Å². The maximum absolute atomic E-state index is 12.4. The molecule has 0 radical (unpaired) electrons. The smallest absolute Gasteiger partial charge is 0.410 e. The van der Waals surface area contributed by atoms with E-state index in [1.54, 1.807) is 20.8 Å². The summed E-state index contributed by atoms with van der Waals surface area (Å²) in [6, 6.07) is 0.785. The molecule has 1 N–H and O–H groups in total. The third-order valence-electron chi connectivity index (χ3n) is 3.57. The lowest BCUT2D eigenvalue weighted by atomic mass is 10.1. The lowest BCUT2D eigenvalue weighted by molar-refractivity contribution is -0.153. The molecule has 1 atom stereocenters. The second-order valence-electron chi connectivity index (χ2n) is 6.68. The number of hydrogen-bond acceptors (Lipinski definition) is 5. The van der Waals surface area contributed by atoms with Crippen molar-refractivity contribution in [3.63, 3.8) is 0 Å². The number of ether oxygens (including phenoxy) is 1. The Labute approximate surface area is 144 Å². The Kier molecular flexibility index (Phi) is 5.48. The molecule has 2 heterocycles. The van der Waals surface area contributed by atoms with Gasteiger partial charge in [0.2, 0.25) is 5.91 Å². The van der Waals surface area contributed by atoms with E-state index in [9.17, 15) is 19.5 Å². The van der Waals surface area contributed by atoms with Gasteiger partial charge >= 0.3 is 12.1 Å². The monoisotopic (exact) mass is 354 g/mol. The minimum atomic E-state index is -1.12. The van der Waals surface area contributed by atoms with E-state index < -0.39 is 23.7 Å². The topological polar surface area (TPSA) is 87.2 Å². The molecule has 0 spiro atoms. The summed E-state index contributed by atoms with van der Waals surface area (Å²) in [4.78, 5) is 38.8. The molecule has 7 nitrogen and oxygen atoms in total. The van der Waals surface area contributed by atoms with Crippen molar-refractivity contribution in [1.82, 2.24) is 9.80 Å². The highest BCUT2D eigenvalue weighted by Gasteiger charge is 2.38. The molecule has 1 aliphatic rings. The Bertz CT molecular complexity index is 608. The van der Waals surface area contributed by atoms with Gasteiger partial charge < -0.3 is 19.6 Å². The van der Waals surface area contributed by atoms with E-state index in [0.717, 1.165) is 5.56 Å². The molecule has 8 heteroatoms. The average Bonchev–Trinajstić information content (AvgIpc) is 2.97. The zero-order chi connectivity index (χ0) is 17.9. The Morgan fingerprint density at radius 1 is 1.33 bits per heavy atom. The highest BCUT2D eigenvalue weighted by atomic mass is 32.1. The van der Waals surface area contributed by atoms with Crippen molar-refractivity contribution in [1.29, 1.82) is 0 Å². The van der Waals surface area contributed by atoms with Crippen LogP contribution < -0.4 is 0 Å². The summed E-state index contributed by atoms with van der Waals surface area (Å²) in [5, 5.41) is 13.2. The van der Waals surface area contributed by atoms with Gasteiger partial charge in [-0.2, -0.15) is 11.3 Å². The van der Waals surface area contributed by atoms with E-state index in [4.69, 9.17) is 4.74 Å². The van der Waals surface area contributed by atoms with Crippen molar-refractivity contribution >= 4 is 29.3 Å². The third-order valence-corrected chi connectivity index (χ3v) is 4.30. The Hall–Kier alpha value is -2.09. The lowest BCUT2D eigenvalue weighted by Crippen LogP contribution is -2.60. The fourth-order valence-corrected chi connectivity index (χ4v) is 3.12. The normalized spacial score (nSPS) is 18.4. The maximum Gasteiger partial charge on any atom is 0.410 e. The van der Waals surface area contributed by atoms with Crippen LogP contribution in [-0.4, -0.2) is 64.2 Å². The molecular formula is C16H22N2O5S. The van der Waals surface area contributed by atoms with E-state index in [1.165, 1.54) is 21.1 Å². The van der Waals surface area contributed by atoms with E-state index in [0.29, 0.717) is 0 Å². The second kappa shape index (κ2) is 7.21. The number of rotatable bonds is 3. The first-order valence-corrected chi connectivity index (χ1v) is 8.63. The van der Waals surface area contributed by atoms with Crippen molar-refractivity contribution in [2.24, 2.45) is 0 Å². The van der Waals surface area contributed by atoms with Gasteiger partial charge in [-0.15, -0.1) is 0 Å². The van der Waals surface area contributed by atoms with Crippen LogP contribution in [0.3, 0.4) is 0 Å². The zero-order valence-electron chi connectivity index (χ0n) is 14.0. The van der Waals surface area contributed by atoms with Gasteiger partial charge in [0.25, 0.3) is 0 Å². The van der Waals surface area contributed by atoms with E-state index in [1.807, 2.05) is 16.8 Å². The number of thiophene rings is 1. The molecule has 2 rings (SSSR count). The van der Waals surface area contributed by atoms with Crippen molar-refractivity contribution in [3.8, 4) is 0 Å². The fraction of sp³-hybridized carbons (Fsp3) is 0.562. The van der Waals surface area contributed by atoms with Crippen LogP contribution in [0.25, 0.3) is 0 Å². The Balaban J connectivity index is 2.04. The molecule has 0 bridgehead atoms. The van der Waals surface area contributed by atoms with Gasteiger partial charge in [0.1, 0.15) is 11.6 Å². The second-order valence-corrected chi connectivity index (χ2v) is 7.46. The van der Waals surface area contributed by atoms with E-state index >= 15 is 0 Å². The molecule has 1 saturated heterocycles. The number of carboxylic acids is 1. The summed E-state index contributed by atoms with van der Waals surface area (Å²) >= 11 is 1.49. The summed E-state index contributed by atoms with van der Waals surface area (Å²) in [5.74, 6) is -1.37. The van der Waals surface area contributed by atoms with Gasteiger partial charge in [-0.3, -0.25) is 4.79 Å². The fourth-order valence-electron chi connectivity index (χ4n) is 2.45. The van der Waals surface area contributed by atoms with Crippen LogP contribution in [0.4, 0.5) is 4.79 Å². The van der Waals surface area contributed by atoms with Crippen molar-refractivity contribution < 1.29 is 24.2 Å². The lowest BCUT2D eigenvalue weighted by Gasteiger charge is -2.39. The number of hydrogen-bond donors (Lipinski definition) is 1. The Morgan fingerprint density at radius 3 is 2.58 bits per heavy atom.